The third kappa shape index (κ3) is 2.67. The summed E-state index contributed by atoms with van der Waals surface area (Å²) in [5.41, 5.74) is 5.57. The van der Waals surface area contributed by atoms with Crippen molar-refractivity contribution in [1.29, 1.82) is 0 Å². The Labute approximate surface area is 77.2 Å². The third-order valence-electron chi connectivity index (χ3n) is 2.18. The molecule has 0 saturated carbocycles. The number of rotatable bonds is 2. The maximum Gasteiger partial charge on any atom is 0.305 e. The van der Waals surface area contributed by atoms with Gasteiger partial charge in [-0.05, 0) is 5.92 Å². The second-order valence-corrected chi connectivity index (χ2v) is 5.43. The summed E-state index contributed by atoms with van der Waals surface area (Å²) in [5, 5.41) is 0. The van der Waals surface area contributed by atoms with E-state index in [-0.39, 0.29) is 23.8 Å². The standard InChI is InChI=1S/C7H13NO4S/c1-12-7(9)2-5-3-13(10,11)4-6(5)8/h5-6H,2-4,8H2,1H3. The Kier molecular flexibility index (Phi) is 2.92. The second kappa shape index (κ2) is 3.63. The van der Waals surface area contributed by atoms with Crippen LogP contribution in [0.25, 0.3) is 0 Å². The molecule has 0 radical (unpaired) electrons. The average Bonchev–Trinajstić information content (AvgIpc) is 2.24. The molecule has 13 heavy (non-hydrogen) atoms. The molecule has 6 heteroatoms. The van der Waals surface area contributed by atoms with Crippen molar-refractivity contribution in [1.82, 2.24) is 0 Å². The van der Waals surface area contributed by atoms with Crippen molar-refractivity contribution in [2.24, 2.45) is 11.7 Å². The Morgan fingerprint density at radius 2 is 2.15 bits per heavy atom. The van der Waals surface area contributed by atoms with Crippen molar-refractivity contribution >= 4 is 15.8 Å². The Hall–Kier alpha value is -0.620. The van der Waals surface area contributed by atoms with Gasteiger partial charge in [-0.15, -0.1) is 0 Å². The van der Waals surface area contributed by atoms with Crippen molar-refractivity contribution < 1.29 is 17.9 Å². The van der Waals surface area contributed by atoms with Gasteiger partial charge in [-0.1, -0.05) is 0 Å². The molecule has 1 aliphatic rings. The van der Waals surface area contributed by atoms with Gasteiger partial charge in [0.05, 0.1) is 25.0 Å². The van der Waals surface area contributed by atoms with Gasteiger partial charge in [0.1, 0.15) is 0 Å². The fourth-order valence-electron chi connectivity index (χ4n) is 1.45. The Bertz CT molecular complexity index is 298. The molecule has 1 heterocycles. The summed E-state index contributed by atoms with van der Waals surface area (Å²) in [6, 6.07) is -0.427. The molecular formula is C7H13NO4S. The van der Waals surface area contributed by atoms with E-state index in [2.05, 4.69) is 4.74 Å². The molecule has 0 aromatic rings. The van der Waals surface area contributed by atoms with E-state index in [9.17, 15) is 13.2 Å². The van der Waals surface area contributed by atoms with Gasteiger partial charge < -0.3 is 10.5 Å². The molecule has 1 rings (SSSR count). The summed E-state index contributed by atoms with van der Waals surface area (Å²) in [7, 11) is -1.76. The smallest absolute Gasteiger partial charge is 0.305 e. The first-order valence-electron chi connectivity index (χ1n) is 3.97. The summed E-state index contributed by atoms with van der Waals surface area (Å²) in [6.45, 7) is 0. The Morgan fingerprint density at radius 1 is 1.54 bits per heavy atom. The van der Waals surface area contributed by atoms with Gasteiger partial charge >= 0.3 is 5.97 Å². The molecule has 2 N–H and O–H groups in total. The Morgan fingerprint density at radius 3 is 2.54 bits per heavy atom. The van der Waals surface area contributed by atoms with Crippen LogP contribution in [0.3, 0.4) is 0 Å². The highest BCUT2D eigenvalue weighted by Crippen LogP contribution is 2.20. The zero-order chi connectivity index (χ0) is 10.1. The van der Waals surface area contributed by atoms with E-state index in [1.165, 1.54) is 7.11 Å². The highest BCUT2D eigenvalue weighted by atomic mass is 32.2. The molecule has 76 valence electrons. The van der Waals surface area contributed by atoms with Crippen LogP contribution in [0.15, 0.2) is 0 Å². The predicted molar refractivity (Wildman–Crippen MR) is 46.8 cm³/mol. The van der Waals surface area contributed by atoms with Crippen LogP contribution in [0.5, 0.6) is 0 Å². The number of nitrogens with two attached hydrogens (primary N) is 1. The van der Waals surface area contributed by atoms with E-state index in [0.717, 1.165) is 0 Å². The first kappa shape index (κ1) is 10.5. The topological polar surface area (TPSA) is 86.5 Å². The zero-order valence-corrected chi connectivity index (χ0v) is 8.21. The molecule has 2 unspecified atom stereocenters. The van der Waals surface area contributed by atoms with Gasteiger partial charge in [-0.3, -0.25) is 4.79 Å². The lowest BCUT2D eigenvalue weighted by atomic mass is 10.0. The molecule has 1 saturated heterocycles. The van der Waals surface area contributed by atoms with Crippen molar-refractivity contribution in [3.05, 3.63) is 0 Å². The summed E-state index contributed by atoms with van der Waals surface area (Å²) >= 11 is 0. The largest absolute Gasteiger partial charge is 0.469 e. The molecule has 0 aromatic carbocycles. The average molecular weight is 207 g/mol. The zero-order valence-electron chi connectivity index (χ0n) is 7.39. The van der Waals surface area contributed by atoms with E-state index < -0.39 is 21.8 Å². The van der Waals surface area contributed by atoms with Gasteiger partial charge in [-0.2, -0.15) is 0 Å². The minimum absolute atomic E-state index is 0.00324. The van der Waals surface area contributed by atoms with Crippen molar-refractivity contribution in [2.45, 2.75) is 12.5 Å². The summed E-state index contributed by atoms with van der Waals surface area (Å²) in [6.07, 6.45) is 0.0941. The van der Waals surface area contributed by atoms with Gasteiger partial charge in [0.25, 0.3) is 0 Å². The maximum atomic E-state index is 11.1. The first-order chi connectivity index (χ1) is 5.94. The number of esters is 1. The number of hydrogen-bond acceptors (Lipinski definition) is 5. The highest BCUT2D eigenvalue weighted by molar-refractivity contribution is 7.91. The molecule has 0 amide bonds. The molecule has 1 fully saturated rings. The predicted octanol–water partition coefficient (Wildman–Crippen LogP) is -1.08. The van der Waals surface area contributed by atoms with Crippen LogP contribution in [0.1, 0.15) is 6.42 Å². The van der Waals surface area contributed by atoms with Gasteiger partial charge in [0.15, 0.2) is 9.84 Å². The normalized spacial score (nSPS) is 31.5. The van der Waals surface area contributed by atoms with E-state index in [1.54, 1.807) is 0 Å². The van der Waals surface area contributed by atoms with Crippen molar-refractivity contribution in [3.63, 3.8) is 0 Å². The first-order valence-corrected chi connectivity index (χ1v) is 5.79. The monoisotopic (exact) mass is 207 g/mol. The molecule has 0 aromatic heterocycles. The van der Waals surface area contributed by atoms with Crippen LogP contribution in [0.4, 0.5) is 0 Å². The minimum Gasteiger partial charge on any atom is -0.469 e. The number of carbonyl (C=O) groups excluding carboxylic acids is 1. The number of methoxy groups -OCH3 is 1. The lowest BCUT2D eigenvalue weighted by molar-refractivity contribution is -0.141. The third-order valence-corrected chi connectivity index (χ3v) is 4.01. The maximum absolute atomic E-state index is 11.1. The lowest BCUT2D eigenvalue weighted by Gasteiger charge is -2.10. The molecule has 0 spiro atoms. The van der Waals surface area contributed by atoms with Crippen LogP contribution in [0, 0.1) is 5.92 Å². The highest BCUT2D eigenvalue weighted by Gasteiger charge is 2.36. The number of ether oxygens (including phenoxy) is 1. The molecule has 2 atom stereocenters. The molecule has 0 aliphatic carbocycles. The number of carbonyl (C=O) groups is 1. The van der Waals surface area contributed by atoms with Crippen molar-refractivity contribution in [2.75, 3.05) is 18.6 Å². The fourth-order valence-corrected chi connectivity index (χ4v) is 3.47. The van der Waals surface area contributed by atoms with Gasteiger partial charge in [0, 0.05) is 6.04 Å². The summed E-state index contributed by atoms with van der Waals surface area (Å²) in [4.78, 5) is 10.9. The Balaban J connectivity index is 2.59. The summed E-state index contributed by atoms with van der Waals surface area (Å²) < 4.78 is 26.6. The number of hydrogen-bond donors (Lipinski definition) is 1. The van der Waals surface area contributed by atoms with E-state index in [0.29, 0.717) is 0 Å². The van der Waals surface area contributed by atoms with Crippen LogP contribution in [-0.2, 0) is 19.4 Å². The summed E-state index contributed by atoms with van der Waals surface area (Å²) in [5.74, 6) is -0.701. The van der Waals surface area contributed by atoms with E-state index >= 15 is 0 Å². The SMILES string of the molecule is COC(=O)CC1CS(=O)(=O)CC1N. The fraction of sp³-hybridized carbons (Fsp3) is 0.857. The van der Waals surface area contributed by atoms with Gasteiger partial charge in [-0.25, -0.2) is 8.42 Å². The molecule has 5 nitrogen and oxygen atoms in total. The number of sulfone groups is 1. The van der Waals surface area contributed by atoms with Crippen LogP contribution in [-0.4, -0.2) is 39.0 Å². The van der Waals surface area contributed by atoms with E-state index in [1.807, 2.05) is 0 Å². The van der Waals surface area contributed by atoms with Crippen LogP contribution < -0.4 is 5.73 Å². The minimum atomic E-state index is -3.03. The molecular weight excluding hydrogens is 194 g/mol. The second-order valence-electron chi connectivity index (χ2n) is 3.28. The molecule has 1 aliphatic heterocycles. The molecule has 0 bridgehead atoms. The lowest BCUT2D eigenvalue weighted by Crippen LogP contribution is -2.30. The van der Waals surface area contributed by atoms with Crippen LogP contribution >= 0.6 is 0 Å². The van der Waals surface area contributed by atoms with Gasteiger partial charge in [0.2, 0.25) is 0 Å². The quantitative estimate of drug-likeness (QED) is 0.582. The van der Waals surface area contributed by atoms with Crippen LogP contribution in [0.2, 0.25) is 0 Å². The van der Waals surface area contributed by atoms with Crippen molar-refractivity contribution in [3.8, 4) is 0 Å². The van der Waals surface area contributed by atoms with E-state index in [4.69, 9.17) is 5.73 Å².